The number of benzene rings is 1. The molecule has 7 heteroatoms. The fourth-order valence-electron chi connectivity index (χ4n) is 2.26. The largest absolute Gasteiger partial charge is 0.755 e. The van der Waals surface area contributed by atoms with Crippen LogP contribution in [-0.2, 0) is 20.8 Å². The summed E-state index contributed by atoms with van der Waals surface area (Å²) < 4.78 is 30.1. The summed E-state index contributed by atoms with van der Waals surface area (Å²) in [5, 5.41) is 0. The molecule has 1 aromatic carbocycles. The molecule has 6 nitrogen and oxygen atoms in total. The van der Waals surface area contributed by atoms with Gasteiger partial charge < -0.3 is 14.2 Å². The Morgan fingerprint density at radius 2 is 1.83 bits per heavy atom. The smallest absolute Gasteiger partial charge is 0.307 e. The van der Waals surface area contributed by atoms with Gasteiger partial charge >= 0.3 is 5.97 Å². The van der Waals surface area contributed by atoms with Crippen molar-refractivity contribution in [1.29, 1.82) is 0 Å². The first-order valence-corrected chi connectivity index (χ1v) is 8.99. The molecule has 1 aromatic rings. The zero-order valence-corrected chi connectivity index (χ0v) is 15.8. The van der Waals surface area contributed by atoms with E-state index in [-0.39, 0.29) is 12.3 Å². The van der Waals surface area contributed by atoms with Gasteiger partial charge in [-0.25, -0.2) is 0 Å². The second kappa shape index (κ2) is 9.76. The molecule has 0 spiro atoms. The van der Waals surface area contributed by atoms with Crippen molar-refractivity contribution in [2.45, 2.75) is 33.2 Å². The van der Waals surface area contributed by atoms with Crippen molar-refractivity contribution in [2.75, 3.05) is 31.6 Å². The first-order chi connectivity index (χ1) is 11.2. The third-order valence-corrected chi connectivity index (χ3v) is 4.17. The number of likely N-dealkylation sites (N-methyl/N-ethyl adjacent to an activating group) is 1. The van der Waals surface area contributed by atoms with Gasteiger partial charge in [-0.3, -0.25) is 13.3 Å². The molecule has 0 aliphatic carbocycles. The predicted octanol–water partition coefficient (Wildman–Crippen LogP) is 2.12. The summed E-state index contributed by atoms with van der Waals surface area (Å²) in [4.78, 5) is 13.9. The Bertz CT molecular complexity index is 546. The Labute approximate surface area is 147 Å². The van der Waals surface area contributed by atoms with Crippen LogP contribution >= 0.6 is 0 Å². The second-order valence-electron chi connectivity index (χ2n) is 6.58. The summed E-state index contributed by atoms with van der Waals surface area (Å²) in [6.07, 6.45) is 0.00670. The van der Waals surface area contributed by atoms with E-state index < -0.39 is 23.3 Å². The standard InChI is InChI=1S/C17H28N2O4S/c1-13(2)12-23-17(20)10-16(11-18(4)5)19(24(21)22)15-8-6-14(3)7-9-15/h6-9,13,16H,10-12H2,1-5H3,(H,21,22)/p-1. The third-order valence-electron chi connectivity index (χ3n) is 3.34. The van der Waals surface area contributed by atoms with E-state index >= 15 is 0 Å². The third kappa shape index (κ3) is 6.98. The molecule has 0 aliphatic heterocycles. The Kier molecular flexibility index (Phi) is 8.38. The van der Waals surface area contributed by atoms with Gasteiger partial charge in [0.2, 0.25) is 0 Å². The number of carbonyl (C=O) groups excluding carboxylic acids is 1. The van der Waals surface area contributed by atoms with E-state index in [1.165, 1.54) is 4.31 Å². The minimum atomic E-state index is -2.49. The Balaban J connectivity index is 2.98. The van der Waals surface area contributed by atoms with Crippen LogP contribution < -0.4 is 4.31 Å². The lowest BCUT2D eigenvalue weighted by molar-refractivity contribution is -0.145. The Morgan fingerprint density at radius 3 is 2.29 bits per heavy atom. The van der Waals surface area contributed by atoms with E-state index in [0.29, 0.717) is 18.8 Å². The molecule has 0 amide bonds. The van der Waals surface area contributed by atoms with E-state index in [4.69, 9.17) is 4.74 Å². The van der Waals surface area contributed by atoms with E-state index in [1.807, 2.05) is 51.9 Å². The van der Waals surface area contributed by atoms with Crippen LogP contribution in [0.5, 0.6) is 0 Å². The molecule has 1 rings (SSSR count). The maximum Gasteiger partial charge on any atom is 0.307 e. The summed E-state index contributed by atoms with van der Waals surface area (Å²) in [5.74, 6) is -0.152. The molecule has 0 N–H and O–H groups in total. The van der Waals surface area contributed by atoms with Crippen LogP contribution in [0.3, 0.4) is 0 Å². The molecule has 2 unspecified atom stereocenters. The highest BCUT2D eigenvalue weighted by atomic mass is 32.2. The average Bonchev–Trinajstić information content (AvgIpc) is 2.46. The van der Waals surface area contributed by atoms with Gasteiger partial charge in [-0.2, -0.15) is 0 Å². The van der Waals surface area contributed by atoms with Crippen LogP contribution in [-0.4, -0.2) is 52.9 Å². The molecular formula is C17H27N2O4S-. The number of rotatable bonds is 9. The molecule has 0 saturated heterocycles. The second-order valence-corrected chi connectivity index (χ2v) is 7.40. The van der Waals surface area contributed by atoms with Gasteiger partial charge in [0.15, 0.2) is 0 Å². The number of hydrogen-bond acceptors (Lipinski definition) is 5. The van der Waals surface area contributed by atoms with Gasteiger partial charge in [-0.1, -0.05) is 31.5 Å². The van der Waals surface area contributed by atoms with Gasteiger partial charge in [-0.15, -0.1) is 0 Å². The van der Waals surface area contributed by atoms with Crippen molar-refractivity contribution in [3.05, 3.63) is 29.8 Å². The highest BCUT2D eigenvalue weighted by Crippen LogP contribution is 2.22. The van der Waals surface area contributed by atoms with Crippen molar-refractivity contribution >= 4 is 22.9 Å². The fourth-order valence-corrected chi connectivity index (χ4v) is 2.94. The molecule has 0 heterocycles. The summed E-state index contributed by atoms with van der Waals surface area (Å²) in [6, 6.07) is 6.65. The molecule has 0 fully saturated rings. The Hall–Kier alpha value is -1.44. The highest BCUT2D eigenvalue weighted by molar-refractivity contribution is 7.80. The number of anilines is 1. The number of ether oxygens (including phenoxy) is 1. The van der Waals surface area contributed by atoms with Crippen molar-refractivity contribution in [2.24, 2.45) is 5.92 Å². The first kappa shape index (κ1) is 20.6. The van der Waals surface area contributed by atoms with Crippen LogP contribution in [0.15, 0.2) is 24.3 Å². The topological polar surface area (TPSA) is 72.9 Å². The number of hydrogen-bond donors (Lipinski definition) is 0. The first-order valence-electron chi connectivity index (χ1n) is 7.96. The lowest BCUT2D eigenvalue weighted by atomic mass is 10.1. The molecule has 136 valence electrons. The molecule has 2 atom stereocenters. The summed E-state index contributed by atoms with van der Waals surface area (Å²) in [7, 11) is 3.68. The van der Waals surface area contributed by atoms with Gasteiger partial charge in [0.05, 0.1) is 19.1 Å². The van der Waals surface area contributed by atoms with Gasteiger partial charge in [0.1, 0.15) is 0 Å². The molecule has 0 saturated carbocycles. The number of esters is 1. The zero-order valence-electron chi connectivity index (χ0n) is 15.0. The number of carbonyl (C=O) groups is 1. The monoisotopic (exact) mass is 355 g/mol. The van der Waals surface area contributed by atoms with Gasteiger partial charge in [-0.05, 0) is 39.1 Å². The minimum Gasteiger partial charge on any atom is -0.755 e. The lowest BCUT2D eigenvalue weighted by Gasteiger charge is -2.35. The van der Waals surface area contributed by atoms with E-state index in [9.17, 15) is 13.6 Å². The fraction of sp³-hybridized carbons (Fsp3) is 0.588. The summed E-state index contributed by atoms with van der Waals surface area (Å²) in [5.41, 5.74) is 1.58. The lowest BCUT2D eigenvalue weighted by Crippen LogP contribution is -2.44. The van der Waals surface area contributed by atoms with Gasteiger partial charge in [0.25, 0.3) is 0 Å². The molecule has 0 bridgehead atoms. The average molecular weight is 355 g/mol. The normalized spacial score (nSPS) is 13.8. The minimum absolute atomic E-state index is 0.00670. The van der Waals surface area contributed by atoms with Crippen LogP contribution in [0, 0.1) is 12.8 Å². The van der Waals surface area contributed by atoms with Crippen LogP contribution in [0.2, 0.25) is 0 Å². The van der Waals surface area contributed by atoms with Crippen LogP contribution in [0.25, 0.3) is 0 Å². The van der Waals surface area contributed by atoms with Crippen LogP contribution in [0.4, 0.5) is 5.69 Å². The van der Waals surface area contributed by atoms with Crippen molar-refractivity contribution in [3.63, 3.8) is 0 Å². The predicted molar refractivity (Wildman–Crippen MR) is 95.3 cm³/mol. The van der Waals surface area contributed by atoms with Crippen molar-refractivity contribution < 1.29 is 18.3 Å². The van der Waals surface area contributed by atoms with Gasteiger partial charge in [0, 0.05) is 23.5 Å². The molecule has 0 aliphatic rings. The highest BCUT2D eigenvalue weighted by Gasteiger charge is 2.25. The SMILES string of the molecule is Cc1ccc(N(C(CC(=O)OCC(C)C)CN(C)C)S(=O)[O-])cc1. The van der Waals surface area contributed by atoms with E-state index in [0.717, 1.165) is 5.56 Å². The van der Waals surface area contributed by atoms with Crippen molar-refractivity contribution in [1.82, 2.24) is 4.90 Å². The number of nitrogens with zero attached hydrogens (tertiary/aromatic N) is 2. The zero-order chi connectivity index (χ0) is 18.3. The van der Waals surface area contributed by atoms with E-state index in [1.54, 1.807) is 12.1 Å². The molecule has 24 heavy (non-hydrogen) atoms. The van der Waals surface area contributed by atoms with Crippen LogP contribution in [0.1, 0.15) is 25.8 Å². The quantitative estimate of drug-likeness (QED) is 0.501. The maximum atomic E-state index is 12.1. The summed E-state index contributed by atoms with van der Waals surface area (Å²) >= 11 is -2.49. The molecule has 0 radical (unpaired) electrons. The van der Waals surface area contributed by atoms with Crippen molar-refractivity contribution in [3.8, 4) is 0 Å². The molecular weight excluding hydrogens is 328 g/mol. The summed E-state index contributed by atoms with van der Waals surface area (Å²) in [6.45, 7) is 6.59. The Morgan fingerprint density at radius 1 is 1.25 bits per heavy atom. The maximum absolute atomic E-state index is 12.1. The molecule has 0 aromatic heterocycles. The van der Waals surface area contributed by atoms with E-state index in [2.05, 4.69) is 0 Å². The number of aryl methyl sites for hydroxylation is 1.